The van der Waals surface area contributed by atoms with Gasteiger partial charge in [0.25, 0.3) is 5.91 Å². The largest absolute Gasteiger partial charge is 0.444 e. The molecule has 0 aliphatic carbocycles. The minimum absolute atomic E-state index is 0.0828. The number of carbonyl (C=O) groups excluding carboxylic acids is 2. The smallest absolute Gasteiger partial charge is 0.410 e. The Morgan fingerprint density at radius 1 is 1.14 bits per heavy atom. The zero-order valence-corrected chi connectivity index (χ0v) is 25.2. The van der Waals surface area contributed by atoms with Crippen molar-refractivity contribution < 1.29 is 18.8 Å². The van der Waals surface area contributed by atoms with E-state index in [1.54, 1.807) is 17.1 Å². The van der Waals surface area contributed by atoms with Crippen LogP contribution in [0.3, 0.4) is 0 Å². The highest BCUT2D eigenvalue weighted by atomic mass is 28.4. The number of amides is 2. The number of rotatable bonds is 9. The summed E-state index contributed by atoms with van der Waals surface area (Å²) in [4.78, 5) is 27.1. The lowest BCUT2D eigenvalue weighted by Gasteiger charge is -2.37. The van der Waals surface area contributed by atoms with E-state index in [9.17, 15) is 9.59 Å². The molecular weight excluding hydrogens is 469 g/mol. The summed E-state index contributed by atoms with van der Waals surface area (Å²) in [5.74, 6) is -0.375. The van der Waals surface area contributed by atoms with Gasteiger partial charge in [0.1, 0.15) is 13.4 Å². The minimum atomic E-state index is -1.94. The molecule has 0 saturated heterocycles. The van der Waals surface area contributed by atoms with Crippen molar-refractivity contribution in [3.05, 3.63) is 47.2 Å². The van der Waals surface area contributed by atoms with Crippen molar-refractivity contribution in [3.8, 4) is 0 Å². The summed E-state index contributed by atoms with van der Waals surface area (Å²) in [6.45, 7) is 21.5. The molecule has 9 heteroatoms. The van der Waals surface area contributed by atoms with Crippen LogP contribution in [-0.2, 0) is 14.0 Å². The van der Waals surface area contributed by atoms with Crippen LogP contribution in [0.15, 0.2) is 41.6 Å². The molecule has 7 nitrogen and oxygen atoms in total. The Balaban J connectivity index is 2.93. The summed E-state index contributed by atoms with van der Waals surface area (Å²) in [5.41, 5.74) is 9.18. The van der Waals surface area contributed by atoms with Crippen LogP contribution < -0.4 is 16.5 Å². The molecule has 36 heavy (non-hydrogen) atoms. The molecule has 200 valence electrons. The molecule has 1 aromatic rings. The summed E-state index contributed by atoms with van der Waals surface area (Å²) < 4.78 is 11.9. The molecule has 2 amide bonds. The first-order valence-corrected chi connectivity index (χ1v) is 15.4. The highest BCUT2D eigenvalue weighted by molar-refractivity contribution is 6.74. The summed E-state index contributed by atoms with van der Waals surface area (Å²) in [6, 6.07) is 5.73. The number of anilines is 1. The van der Waals surface area contributed by atoms with E-state index in [1.807, 2.05) is 60.7 Å². The molecule has 0 spiro atoms. The van der Waals surface area contributed by atoms with Gasteiger partial charge in [-0.1, -0.05) is 50.0 Å². The predicted molar refractivity (Wildman–Crippen MR) is 155 cm³/mol. The number of nitrogens with zero attached hydrogens (tertiary/aromatic N) is 1. The van der Waals surface area contributed by atoms with Gasteiger partial charge in [0.15, 0.2) is 8.32 Å². The van der Waals surface area contributed by atoms with E-state index in [2.05, 4.69) is 39.2 Å². The summed E-state index contributed by atoms with van der Waals surface area (Å²) in [6.07, 6.45) is 2.91. The molecular formula is C27H46BN3O4Si. The van der Waals surface area contributed by atoms with Gasteiger partial charge in [-0.25, -0.2) is 4.79 Å². The zero-order valence-electron chi connectivity index (χ0n) is 24.2. The lowest BCUT2D eigenvalue weighted by atomic mass is 9.90. The molecule has 1 aromatic carbocycles. The van der Waals surface area contributed by atoms with Crippen molar-refractivity contribution in [2.24, 2.45) is 5.73 Å². The molecule has 1 rings (SSSR count). The Labute approximate surface area is 220 Å². The Hall–Kier alpha value is -2.52. The number of carbonyl (C=O) groups is 2. The van der Waals surface area contributed by atoms with Gasteiger partial charge in [0, 0.05) is 18.8 Å². The Morgan fingerprint density at radius 2 is 1.75 bits per heavy atom. The van der Waals surface area contributed by atoms with Crippen molar-refractivity contribution in [3.63, 3.8) is 0 Å². The molecule has 0 unspecified atom stereocenters. The van der Waals surface area contributed by atoms with Crippen LogP contribution in [0.25, 0.3) is 0 Å². The number of allylic oxidation sites excluding steroid dienone is 2. The standard InChI is InChI=1S/C27H46BN3O4Si/c1-19(14-15-22(29)24(32)30-23-13-11-12-21(28)20(23)2)18-31(25(33)35-26(3,4)5)16-17-34-36(9,10)27(6,7)8/h11-15H,16-18,28-29H2,1-10H3,(H,30,32)/b19-14+,22-15-. The van der Waals surface area contributed by atoms with E-state index >= 15 is 0 Å². The minimum Gasteiger partial charge on any atom is -0.444 e. The van der Waals surface area contributed by atoms with Gasteiger partial charge in [0.05, 0.1) is 12.3 Å². The maximum atomic E-state index is 12.9. The van der Waals surface area contributed by atoms with Gasteiger partial charge < -0.3 is 25.1 Å². The van der Waals surface area contributed by atoms with E-state index in [0.717, 1.165) is 22.3 Å². The van der Waals surface area contributed by atoms with Gasteiger partial charge in [-0.15, -0.1) is 0 Å². The lowest BCUT2D eigenvalue weighted by Crippen LogP contribution is -2.44. The number of nitrogens with one attached hydrogen (secondary N) is 1. The van der Waals surface area contributed by atoms with Crippen molar-refractivity contribution in [2.45, 2.75) is 79.1 Å². The van der Waals surface area contributed by atoms with Gasteiger partial charge >= 0.3 is 6.09 Å². The highest BCUT2D eigenvalue weighted by Gasteiger charge is 2.37. The molecule has 0 fully saturated rings. The van der Waals surface area contributed by atoms with Crippen LogP contribution in [0.4, 0.5) is 10.5 Å². The number of benzene rings is 1. The predicted octanol–water partition coefficient (Wildman–Crippen LogP) is 4.24. The van der Waals surface area contributed by atoms with Crippen LogP contribution in [0, 0.1) is 6.92 Å². The molecule has 0 aromatic heterocycles. The third-order valence-corrected chi connectivity index (χ3v) is 10.9. The summed E-state index contributed by atoms with van der Waals surface area (Å²) >= 11 is 0. The molecule has 0 aliphatic heterocycles. The normalized spacial score (nSPS) is 13.4. The van der Waals surface area contributed by atoms with E-state index < -0.39 is 20.0 Å². The molecule has 0 saturated carbocycles. The van der Waals surface area contributed by atoms with Gasteiger partial charge in [-0.2, -0.15) is 0 Å². The first-order chi connectivity index (χ1) is 16.3. The first-order valence-electron chi connectivity index (χ1n) is 12.5. The van der Waals surface area contributed by atoms with Crippen molar-refractivity contribution in [1.82, 2.24) is 4.90 Å². The maximum Gasteiger partial charge on any atom is 0.410 e. The third kappa shape index (κ3) is 10.2. The Kier molecular flexibility index (Phi) is 11.1. The second kappa shape index (κ2) is 12.6. The SMILES string of the molecule is Bc1cccc(NC(=O)/C(N)=C/C=C(\C)CN(CCO[Si](C)(C)C(C)(C)C)C(=O)OC(C)(C)C)c1C. The molecule has 0 heterocycles. The molecule has 3 N–H and O–H groups in total. The number of hydrogen-bond acceptors (Lipinski definition) is 5. The van der Waals surface area contributed by atoms with Crippen molar-refractivity contribution >= 4 is 39.3 Å². The fraction of sp³-hybridized carbons (Fsp3) is 0.556. The van der Waals surface area contributed by atoms with Crippen LogP contribution >= 0.6 is 0 Å². The van der Waals surface area contributed by atoms with Crippen LogP contribution in [0.1, 0.15) is 54.0 Å². The summed E-state index contributed by atoms with van der Waals surface area (Å²) in [5, 5.41) is 2.94. The molecule has 0 bridgehead atoms. The lowest BCUT2D eigenvalue weighted by molar-refractivity contribution is -0.112. The fourth-order valence-corrected chi connectivity index (χ4v) is 3.97. The average Bonchev–Trinajstić information content (AvgIpc) is 2.72. The topological polar surface area (TPSA) is 93.9 Å². The third-order valence-electron chi connectivity index (χ3n) is 6.38. The van der Waals surface area contributed by atoms with E-state index in [1.165, 1.54) is 0 Å². The quantitative estimate of drug-likeness (QED) is 0.292. The van der Waals surface area contributed by atoms with Crippen LogP contribution in [-0.4, -0.2) is 58.4 Å². The fourth-order valence-electron chi connectivity index (χ4n) is 2.93. The second-order valence-corrected chi connectivity index (χ2v) is 16.7. The van der Waals surface area contributed by atoms with Crippen molar-refractivity contribution in [2.75, 3.05) is 25.0 Å². The highest BCUT2D eigenvalue weighted by Crippen LogP contribution is 2.36. The van der Waals surface area contributed by atoms with E-state index in [0.29, 0.717) is 19.7 Å². The second-order valence-electron chi connectivity index (χ2n) is 11.8. The van der Waals surface area contributed by atoms with Gasteiger partial charge in [-0.05, 0) is 70.5 Å². The zero-order chi connectivity index (χ0) is 27.9. The molecule has 0 aliphatic rings. The molecule has 0 radical (unpaired) electrons. The first kappa shape index (κ1) is 31.5. The van der Waals surface area contributed by atoms with E-state index in [-0.39, 0.29) is 16.6 Å². The average molecular weight is 516 g/mol. The number of hydrogen-bond donors (Lipinski definition) is 2. The van der Waals surface area contributed by atoms with Gasteiger partial charge in [0.2, 0.25) is 0 Å². The number of nitrogens with two attached hydrogens (primary N) is 1. The van der Waals surface area contributed by atoms with Crippen molar-refractivity contribution in [1.29, 1.82) is 0 Å². The Morgan fingerprint density at radius 3 is 2.31 bits per heavy atom. The monoisotopic (exact) mass is 515 g/mol. The number of ether oxygens (including phenoxy) is 1. The van der Waals surface area contributed by atoms with Crippen LogP contribution in [0.5, 0.6) is 0 Å². The van der Waals surface area contributed by atoms with E-state index in [4.69, 9.17) is 14.9 Å². The maximum absolute atomic E-state index is 12.9. The Bertz CT molecular complexity index is 992. The van der Waals surface area contributed by atoms with Gasteiger partial charge in [-0.3, -0.25) is 4.79 Å². The van der Waals surface area contributed by atoms with Crippen LogP contribution in [0.2, 0.25) is 18.1 Å². The molecule has 0 atom stereocenters. The summed E-state index contributed by atoms with van der Waals surface area (Å²) in [7, 11) is 0.0502.